The van der Waals surface area contributed by atoms with E-state index in [1.165, 1.54) is 12.1 Å². The first-order valence-electron chi connectivity index (χ1n) is 6.26. The van der Waals surface area contributed by atoms with E-state index in [1.54, 1.807) is 13.0 Å². The molecule has 19 heavy (non-hydrogen) atoms. The van der Waals surface area contributed by atoms with Crippen molar-refractivity contribution in [3.05, 3.63) is 35.1 Å². The predicted octanol–water partition coefficient (Wildman–Crippen LogP) is 2.80. The predicted molar refractivity (Wildman–Crippen MR) is 78.2 cm³/mol. The van der Waals surface area contributed by atoms with Gasteiger partial charge in [0.15, 0.2) is 0 Å². The lowest BCUT2D eigenvalue weighted by molar-refractivity contribution is 0.0895. The van der Waals surface area contributed by atoms with Crippen molar-refractivity contribution in [1.82, 2.24) is 5.32 Å². The van der Waals surface area contributed by atoms with Gasteiger partial charge in [-0.3, -0.25) is 4.79 Å². The number of carbonyl (C=O) groups is 1. The van der Waals surface area contributed by atoms with Crippen molar-refractivity contribution in [2.45, 2.75) is 39.2 Å². The van der Waals surface area contributed by atoms with Gasteiger partial charge in [-0.05, 0) is 43.5 Å². The molecule has 108 valence electrons. The number of benzene rings is 1. The summed E-state index contributed by atoms with van der Waals surface area (Å²) in [4.78, 5) is 12.1. The summed E-state index contributed by atoms with van der Waals surface area (Å²) < 4.78 is 13.1. The molecule has 1 amide bonds. The van der Waals surface area contributed by atoms with Gasteiger partial charge in [-0.15, -0.1) is 12.4 Å². The Morgan fingerprint density at radius 1 is 1.37 bits per heavy atom. The Kier molecular flexibility index (Phi) is 7.01. The van der Waals surface area contributed by atoms with Crippen LogP contribution in [-0.2, 0) is 0 Å². The number of hydrogen-bond donors (Lipinski definition) is 2. The van der Waals surface area contributed by atoms with Gasteiger partial charge >= 0.3 is 0 Å². The van der Waals surface area contributed by atoms with E-state index in [0.717, 1.165) is 12.8 Å². The zero-order valence-corrected chi connectivity index (χ0v) is 12.4. The van der Waals surface area contributed by atoms with Crippen LogP contribution in [0, 0.1) is 12.7 Å². The highest BCUT2D eigenvalue weighted by Crippen LogP contribution is 2.15. The maximum absolute atomic E-state index is 13.1. The second-order valence-corrected chi connectivity index (χ2v) is 4.61. The summed E-state index contributed by atoms with van der Waals surface area (Å²) in [5, 5.41) is 2.96. The zero-order valence-electron chi connectivity index (χ0n) is 11.6. The Morgan fingerprint density at radius 3 is 2.37 bits per heavy atom. The van der Waals surface area contributed by atoms with Crippen LogP contribution >= 0.6 is 12.4 Å². The van der Waals surface area contributed by atoms with Gasteiger partial charge in [0.2, 0.25) is 0 Å². The molecule has 0 bridgehead atoms. The standard InChI is InChI=1S/C14H21FN2O.ClH/c1-4-14(5-2,9-16)17-13(18)11-6-7-12(15)10(3)8-11;/h6-8H,4-5,9,16H2,1-3H3,(H,17,18);1H. The minimum Gasteiger partial charge on any atom is -0.345 e. The fourth-order valence-electron chi connectivity index (χ4n) is 1.87. The van der Waals surface area contributed by atoms with Crippen LogP contribution in [0.15, 0.2) is 18.2 Å². The molecule has 0 fully saturated rings. The first-order chi connectivity index (χ1) is 8.48. The molecule has 1 aromatic carbocycles. The van der Waals surface area contributed by atoms with Crippen molar-refractivity contribution in [3.8, 4) is 0 Å². The minimum atomic E-state index is -0.376. The molecule has 0 atom stereocenters. The summed E-state index contributed by atoms with van der Waals surface area (Å²) in [5.41, 5.74) is 6.29. The molecule has 0 saturated heterocycles. The van der Waals surface area contributed by atoms with E-state index in [9.17, 15) is 9.18 Å². The summed E-state index contributed by atoms with van der Waals surface area (Å²) in [6.45, 7) is 6.02. The first-order valence-corrected chi connectivity index (χ1v) is 6.26. The average Bonchev–Trinajstić information content (AvgIpc) is 2.39. The fourth-order valence-corrected chi connectivity index (χ4v) is 1.87. The monoisotopic (exact) mass is 288 g/mol. The van der Waals surface area contributed by atoms with E-state index in [2.05, 4.69) is 5.32 Å². The van der Waals surface area contributed by atoms with Gasteiger partial charge in [0.1, 0.15) is 5.82 Å². The van der Waals surface area contributed by atoms with Crippen LogP contribution in [0.1, 0.15) is 42.6 Å². The second kappa shape index (κ2) is 7.46. The lowest BCUT2D eigenvalue weighted by atomic mass is 9.92. The van der Waals surface area contributed by atoms with Crippen molar-refractivity contribution >= 4 is 18.3 Å². The van der Waals surface area contributed by atoms with Gasteiger partial charge in [0, 0.05) is 12.1 Å². The lowest BCUT2D eigenvalue weighted by Crippen LogP contribution is -2.52. The van der Waals surface area contributed by atoms with E-state index >= 15 is 0 Å². The zero-order chi connectivity index (χ0) is 13.8. The molecule has 0 aliphatic rings. The molecule has 3 N–H and O–H groups in total. The topological polar surface area (TPSA) is 55.1 Å². The van der Waals surface area contributed by atoms with Crippen molar-refractivity contribution in [2.75, 3.05) is 6.54 Å². The highest BCUT2D eigenvalue weighted by atomic mass is 35.5. The van der Waals surface area contributed by atoms with Crippen LogP contribution in [-0.4, -0.2) is 18.0 Å². The molecule has 1 rings (SSSR count). The van der Waals surface area contributed by atoms with Gasteiger partial charge in [-0.1, -0.05) is 13.8 Å². The normalized spacial score (nSPS) is 10.8. The molecule has 5 heteroatoms. The number of carbonyl (C=O) groups excluding carboxylic acids is 1. The molecule has 0 radical (unpaired) electrons. The maximum Gasteiger partial charge on any atom is 0.251 e. The van der Waals surface area contributed by atoms with Crippen molar-refractivity contribution < 1.29 is 9.18 Å². The first kappa shape index (κ1) is 17.9. The third-order valence-corrected chi connectivity index (χ3v) is 3.54. The van der Waals surface area contributed by atoms with Crippen LogP contribution in [0.3, 0.4) is 0 Å². The maximum atomic E-state index is 13.1. The third-order valence-electron chi connectivity index (χ3n) is 3.54. The molecule has 0 aliphatic heterocycles. The summed E-state index contributed by atoms with van der Waals surface area (Å²) in [6.07, 6.45) is 1.54. The highest BCUT2D eigenvalue weighted by molar-refractivity contribution is 5.94. The van der Waals surface area contributed by atoms with Crippen LogP contribution in [0.5, 0.6) is 0 Å². The molecular formula is C14H22ClFN2O. The molecule has 0 aromatic heterocycles. The third kappa shape index (κ3) is 4.18. The number of nitrogens with one attached hydrogen (secondary N) is 1. The summed E-state index contributed by atoms with van der Waals surface area (Å²) in [6, 6.07) is 4.35. The van der Waals surface area contributed by atoms with Gasteiger partial charge < -0.3 is 11.1 Å². The van der Waals surface area contributed by atoms with Crippen LogP contribution in [0.25, 0.3) is 0 Å². The number of hydrogen-bond acceptors (Lipinski definition) is 2. The van der Waals surface area contributed by atoms with Crippen molar-refractivity contribution in [3.63, 3.8) is 0 Å². The second-order valence-electron chi connectivity index (χ2n) is 4.61. The van der Waals surface area contributed by atoms with E-state index in [-0.39, 0.29) is 29.7 Å². The molecule has 0 saturated carbocycles. The van der Waals surface area contributed by atoms with E-state index in [4.69, 9.17) is 5.73 Å². The number of aryl methyl sites for hydroxylation is 1. The largest absolute Gasteiger partial charge is 0.345 e. The smallest absolute Gasteiger partial charge is 0.251 e. The molecule has 0 aliphatic carbocycles. The van der Waals surface area contributed by atoms with Gasteiger partial charge in [-0.25, -0.2) is 4.39 Å². The van der Waals surface area contributed by atoms with Crippen LogP contribution in [0.4, 0.5) is 4.39 Å². The number of amides is 1. The van der Waals surface area contributed by atoms with Crippen LogP contribution in [0.2, 0.25) is 0 Å². The molecule has 3 nitrogen and oxygen atoms in total. The van der Waals surface area contributed by atoms with Crippen LogP contribution < -0.4 is 11.1 Å². The van der Waals surface area contributed by atoms with E-state index in [0.29, 0.717) is 17.7 Å². The quantitative estimate of drug-likeness (QED) is 0.875. The molecule has 0 spiro atoms. The summed E-state index contributed by atoms with van der Waals surface area (Å²) in [5.74, 6) is -0.505. The van der Waals surface area contributed by atoms with Gasteiger partial charge in [0.25, 0.3) is 5.91 Å². The van der Waals surface area contributed by atoms with Gasteiger partial charge in [-0.2, -0.15) is 0 Å². The lowest BCUT2D eigenvalue weighted by Gasteiger charge is -2.31. The molecular weight excluding hydrogens is 267 g/mol. The Labute approximate surface area is 120 Å². The highest BCUT2D eigenvalue weighted by Gasteiger charge is 2.26. The Bertz CT molecular complexity index is 425. The number of nitrogens with two attached hydrogens (primary N) is 1. The average molecular weight is 289 g/mol. The SMILES string of the molecule is CCC(CC)(CN)NC(=O)c1ccc(F)c(C)c1.Cl. The fraction of sp³-hybridized carbons (Fsp3) is 0.500. The Hall–Kier alpha value is -1.13. The summed E-state index contributed by atoms with van der Waals surface area (Å²) >= 11 is 0. The Balaban J connectivity index is 0.00000324. The van der Waals surface area contributed by atoms with Crippen molar-refractivity contribution in [1.29, 1.82) is 0 Å². The number of halogens is 2. The molecule has 0 heterocycles. The van der Waals surface area contributed by atoms with E-state index < -0.39 is 0 Å². The Morgan fingerprint density at radius 2 is 1.95 bits per heavy atom. The summed E-state index contributed by atoms with van der Waals surface area (Å²) in [7, 11) is 0. The van der Waals surface area contributed by atoms with E-state index in [1.807, 2.05) is 13.8 Å². The van der Waals surface area contributed by atoms with Crippen molar-refractivity contribution in [2.24, 2.45) is 5.73 Å². The van der Waals surface area contributed by atoms with Gasteiger partial charge in [0.05, 0.1) is 5.54 Å². The number of rotatable bonds is 5. The molecule has 0 unspecified atom stereocenters. The molecule has 1 aromatic rings. The minimum absolute atomic E-state index is 0.